The van der Waals surface area contributed by atoms with E-state index in [2.05, 4.69) is 15.9 Å². The lowest BCUT2D eigenvalue weighted by Crippen LogP contribution is -1.98. The molecule has 0 atom stereocenters. The Balaban J connectivity index is 2.76. The van der Waals surface area contributed by atoms with Crippen LogP contribution in [-0.2, 0) is 0 Å². The van der Waals surface area contributed by atoms with Crippen molar-refractivity contribution >= 4 is 22.2 Å². The van der Waals surface area contributed by atoms with Crippen LogP contribution in [0.25, 0.3) is 0 Å². The Hall–Kier alpha value is -1.34. The molecule has 0 aliphatic rings. The number of hydrogen-bond acceptors (Lipinski definition) is 3. The molecule has 1 aromatic rings. The fraction of sp³-hybridized carbons (Fsp3) is 0.200. The highest BCUT2D eigenvalue weighted by Gasteiger charge is 2.02. The molecular formula is C10H8BrNO2. The Morgan fingerprint density at radius 3 is 3.00 bits per heavy atom. The van der Waals surface area contributed by atoms with E-state index < -0.39 is 0 Å². The molecule has 0 spiro atoms. The van der Waals surface area contributed by atoms with E-state index in [-0.39, 0.29) is 0 Å². The van der Waals surface area contributed by atoms with Crippen molar-refractivity contribution in [2.45, 2.75) is 6.42 Å². The first kappa shape index (κ1) is 10.7. The predicted octanol–water partition coefficient (Wildman–Crippen LogP) is 2.55. The molecule has 0 fully saturated rings. The highest BCUT2D eigenvalue weighted by molar-refractivity contribution is 9.10. The van der Waals surface area contributed by atoms with Gasteiger partial charge in [-0.2, -0.15) is 5.26 Å². The maximum absolute atomic E-state index is 10.6. The smallest absolute Gasteiger partial charge is 0.153 e. The molecular weight excluding hydrogens is 246 g/mol. The van der Waals surface area contributed by atoms with E-state index in [0.717, 1.165) is 10.8 Å². The van der Waals surface area contributed by atoms with Gasteiger partial charge in [0, 0.05) is 4.47 Å². The largest absolute Gasteiger partial charge is 0.492 e. The molecule has 0 unspecified atom stereocenters. The van der Waals surface area contributed by atoms with Crippen molar-refractivity contribution in [3.8, 4) is 11.8 Å². The van der Waals surface area contributed by atoms with Gasteiger partial charge in [-0.15, -0.1) is 0 Å². The molecule has 4 heteroatoms. The van der Waals surface area contributed by atoms with Crippen molar-refractivity contribution in [3.05, 3.63) is 28.2 Å². The lowest BCUT2D eigenvalue weighted by Gasteiger charge is -2.06. The van der Waals surface area contributed by atoms with Gasteiger partial charge in [0.1, 0.15) is 12.4 Å². The first-order chi connectivity index (χ1) is 6.77. The second kappa shape index (κ2) is 5.40. The fourth-order valence-electron chi connectivity index (χ4n) is 0.949. The summed E-state index contributed by atoms with van der Waals surface area (Å²) in [5.74, 6) is 0.512. The van der Waals surface area contributed by atoms with E-state index in [1.54, 1.807) is 18.2 Å². The van der Waals surface area contributed by atoms with Crippen molar-refractivity contribution in [2.24, 2.45) is 0 Å². The quantitative estimate of drug-likeness (QED) is 0.612. The van der Waals surface area contributed by atoms with Crippen LogP contribution in [0.1, 0.15) is 16.8 Å². The molecule has 72 valence electrons. The van der Waals surface area contributed by atoms with Crippen molar-refractivity contribution in [1.82, 2.24) is 0 Å². The summed E-state index contributed by atoms with van der Waals surface area (Å²) >= 11 is 3.25. The van der Waals surface area contributed by atoms with Gasteiger partial charge in [-0.25, -0.2) is 0 Å². The first-order valence-corrected chi connectivity index (χ1v) is 4.81. The zero-order valence-electron chi connectivity index (χ0n) is 7.37. The number of nitrogens with zero attached hydrogens (tertiary/aromatic N) is 1. The van der Waals surface area contributed by atoms with E-state index >= 15 is 0 Å². The first-order valence-electron chi connectivity index (χ1n) is 4.02. The number of rotatable bonds is 4. The molecule has 0 saturated carbocycles. The molecule has 3 nitrogen and oxygen atoms in total. The molecule has 0 radical (unpaired) electrons. The van der Waals surface area contributed by atoms with E-state index in [1.165, 1.54) is 0 Å². The third-order valence-corrected chi connectivity index (χ3v) is 2.06. The Labute approximate surface area is 90.4 Å². The van der Waals surface area contributed by atoms with Crippen LogP contribution < -0.4 is 4.74 Å². The van der Waals surface area contributed by atoms with Gasteiger partial charge >= 0.3 is 0 Å². The normalized spacial score (nSPS) is 9.14. The molecule has 0 heterocycles. The third-order valence-electron chi connectivity index (χ3n) is 1.57. The predicted molar refractivity (Wildman–Crippen MR) is 55.3 cm³/mol. The van der Waals surface area contributed by atoms with Crippen LogP contribution in [0.5, 0.6) is 5.75 Å². The molecule has 0 saturated heterocycles. The van der Waals surface area contributed by atoms with E-state index in [9.17, 15) is 4.79 Å². The molecule has 0 aromatic heterocycles. The molecule has 0 amide bonds. The minimum absolute atomic E-state index is 0.305. The van der Waals surface area contributed by atoms with Crippen LogP contribution in [0.2, 0.25) is 0 Å². The zero-order valence-corrected chi connectivity index (χ0v) is 8.95. The van der Waals surface area contributed by atoms with Crippen LogP contribution in [0.3, 0.4) is 0 Å². The molecule has 1 rings (SSSR count). The van der Waals surface area contributed by atoms with Crippen molar-refractivity contribution in [2.75, 3.05) is 6.61 Å². The number of carbonyl (C=O) groups is 1. The third kappa shape index (κ3) is 2.86. The molecule has 14 heavy (non-hydrogen) atoms. The second-order valence-corrected chi connectivity index (χ2v) is 3.47. The lowest BCUT2D eigenvalue weighted by atomic mass is 10.2. The van der Waals surface area contributed by atoms with Gasteiger partial charge in [0.25, 0.3) is 0 Å². The SMILES string of the molecule is N#CCCOc1ccc(Br)cc1C=O. The van der Waals surface area contributed by atoms with E-state index in [1.807, 2.05) is 6.07 Å². The van der Waals surface area contributed by atoms with E-state index in [4.69, 9.17) is 10.00 Å². The Morgan fingerprint density at radius 1 is 1.57 bits per heavy atom. The van der Waals surface area contributed by atoms with Gasteiger partial charge in [0.05, 0.1) is 18.1 Å². The van der Waals surface area contributed by atoms with Crippen LogP contribution in [0.4, 0.5) is 0 Å². The zero-order chi connectivity index (χ0) is 10.4. The topological polar surface area (TPSA) is 50.1 Å². The molecule has 1 aromatic carbocycles. The highest BCUT2D eigenvalue weighted by Crippen LogP contribution is 2.21. The molecule has 0 aliphatic carbocycles. The summed E-state index contributed by atoms with van der Waals surface area (Å²) < 4.78 is 6.07. The summed E-state index contributed by atoms with van der Waals surface area (Å²) in [5.41, 5.74) is 0.484. The van der Waals surface area contributed by atoms with Crippen molar-refractivity contribution in [3.63, 3.8) is 0 Å². The van der Waals surface area contributed by atoms with Gasteiger partial charge in [-0.05, 0) is 18.2 Å². The lowest BCUT2D eigenvalue weighted by molar-refractivity contribution is 0.111. The summed E-state index contributed by atoms with van der Waals surface area (Å²) in [6, 6.07) is 7.13. The van der Waals surface area contributed by atoms with Gasteiger partial charge in [-0.1, -0.05) is 15.9 Å². The summed E-state index contributed by atoms with van der Waals surface area (Å²) in [5, 5.41) is 8.31. The Morgan fingerprint density at radius 2 is 2.36 bits per heavy atom. The summed E-state index contributed by atoms with van der Waals surface area (Å²) in [6.45, 7) is 0.305. The average Bonchev–Trinajstić information content (AvgIpc) is 2.20. The minimum atomic E-state index is 0.305. The maximum atomic E-state index is 10.6. The number of aldehydes is 1. The van der Waals surface area contributed by atoms with Crippen molar-refractivity contribution in [1.29, 1.82) is 5.26 Å². The van der Waals surface area contributed by atoms with Crippen LogP contribution in [0.15, 0.2) is 22.7 Å². The van der Waals surface area contributed by atoms with E-state index in [0.29, 0.717) is 24.3 Å². The summed E-state index contributed by atoms with van der Waals surface area (Å²) in [4.78, 5) is 10.6. The number of halogens is 1. The minimum Gasteiger partial charge on any atom is -0.492 e. The van der Waals surface area contributed by atoms with Gasteiger partial charge in [0.2, 0.25) is 0 Å². The number of carbonyl (C=O) groups excluding carboxylic acids is 1. The fourth-order valence-corrected chi connectivity index (χ4v) is 1.33. The highest BCUT2D eigenvalue weighted by atomic mass is 79.9. The Kier molecular flexibility index (Phi) is 4.14. The summed E-state index contributed by atoms with van der Waals surface area (Å²) in [7, 11) is 0. The molecule has 0 N–H and O–H groups in total. The van der Waals surface area contributed by atoms with Crippen LogP contribution in [0, 0.1) is 11.3 Å². The Bertz CT molecular complexity index is 371. The number of ether oxygens (including phenoxy) is 1. The van der Waals surface area contributed by atoms with Gasteiger partial charge < -0.3 is 4.74 Å². The van der Waals surface area contributed by atoms with Gasteiger partial charge in [0.15, 0.2) is 6.29 Å². The number of nitriles is 1. The molecule has 0 bridgehead atoms. The maximum Gasteiger partial charge on any atom is 0.153 e. The summed E-state index contributed by atoms with van der Waals surface area (Å²) in [6.07, 6.45) is 1.04. The van der Waals surface area contributed by atoms with Crippen LogP contribution in [-0.4, -0.2) is 12.9 Å². The van der Waals surface area contributed by atoms with Crippen molar-refractivity contribution < 1.29 is 9.53 Å². The number of hydrogen-bond donors (Lipinski definition) is 0. The number of benzene rings is 1. The van der Waals surface area contributed by atoms with Crippen LogP contribution >= 0.6 is 15.9 Å². The standard InChI is InChI=1S/C10H8BrNO2/c11-9-2-3-10(8(6-9)7-13)14-5-1-4-12/h2-3,6-7H,1,5H2. The second-order valence-electron chi connectivity index (χ2n) is 2.56. The monoisotopic (exact) mass is 253 g/mol. The van der Waals surface area contributed by atoms with Gasteiger partial charge in [-0.3, -0.25) is 4.79 Å². The average molecular weight is 254 g/mol. The molecule has 0 aliphatic heterocycles.